The topological polar surface area (TPSA) is 55.1 Å². The van der Waals surface area contributed by atoms with Crippen LogP contribution < -0.4 is 11.1 Å². The highest BCUT2D eigenvalue weighted by Gasteiger charge is 2.07. The number of hydrogen-bond acceptors (Lipinski definition) is 2. The van der Waals surface area contributed by atoms with E-state index >= 15 is 0 Å². The van der Waals surface area contributed by atoms with E-state index in [2.05, 4.69) is 5.32 Å². The maximum absolute atomic E-state index is 13.2. The number of benzene rings is 1. The van der Waals surface area contributed by atoms with Crippen LogP contribution in [0.15, 0.2) is 18.2 Å². The Morgan fingerprint density at radius 2 is 2.00 bits per heavy atom. The van der Waals surface area contributed by atoms with Crippen molar-refractivity contribution in [3.05, 3.63) is 29.8 Å². The van der Waals surface area contributed by atoms with Gasteiger partial charge in [0.1, 0.15) is 11.6 Å². The van der Waals surface area contributed by atoms with Gasteiger partial charge in [-0.1, -0.05) is 6.42 Å². The van der Waals surface area contributed by atoms with E-state index in [0.717, 1.165) is 25.0 Å². The van der Waals surface area contributed by atoms with Gasteiger partial charge < -0.3 is 11.1 Å². The molecule has 0 saturated heterocycles. The molecule has 1 rings (SSSR count). The van der Waals surface area contributed by atoms with E-state index < -0.39 is 11.6 Å². The number of nitrogens with two attached hydrogens (primary N) is 1. The van der Waals surface area contributed by atoms with E-state index in [1.54, 1.807) is 0 Å². The summed E-state index contributed by atoms with van der Waals surface area (Å²) < 4.78 is 25.8. The summed E-state index contributed by atoms with van der Waals surface area (Å²) in [7, 11) is 0. The van der Waals surface area contributed by atoms with Crippen molar-refractivity contribution in [2.45, 2.75) is 25.7 Å². The molecule has 1 aromatic rings. The third kappa shape index (κ3) is 4.91. The first-order valence-corrected chi connectivity index (χ1v) is 5.58. The highest BCUT2D eigenvalue weighted by Crippen LogP contribution is 2.15. The molecule has 3 N–H and O–H groups in total. The molecule has 0 aliphatic rings. The third-order valence-corrected chi connectivity index (χ3v) is 2.31. The highest BCUT2D eigenvalue weighted by atomic mass is 19.1. The van der Waals surface area contributed by atoms with Crippen LogP contribution in [0, 0.1) is 11.6 Å². The fraction of sp³-hybridized carbons (Fsp3) is 0.417. The van der Waals surface area contributed by atoms with Gasteiger partial charge in [0, 0.05) is 12.5 Å². The zero-order chi connectivity index (χ0) is 12.7. The first-order valence-electron chi connectivity index (χ1n) is 5.58. The quantitative estimate of drug-likeness (QED) is 0.753. The second-order valence-electron chi connectivity index (χ2n) is 3.77. The van der Waals surface area contributed by atoms with Crippen LogP contribution in [0.2, 0.25) is 0 Å². The second-order valence-corrected chi connectivity index (χ2v) is 3.77. The molecule has 0 aliphatic carbocycles. The Morgan fingerprint density at radius 3 is 2.65 bits per heavy atom. The molecule has 3 nitrogen and oxygen atoms in total. The fourth-order valence-corrected chi connectivity index (χ4v) is 1.41. The summed E-state index contributed by atoms with van der Waals surface area (Å²) >= 11 is 0. The number of rotatable bonds is 6. The SMILES string of the molecule is NCCCCCC(=O)Nc1ccc(F)cc1F. The van der Waals surface area contributed by atoms with Gasteiger partial charge in [-0.2, -0.15) is 0 Å². The molecular formula is C12H16F2N2O. The minimum atomic E-state index is -0.764. The van der Waals surface area contributed by atoms with Crippen LogP contribution in [0.25, 0.3) is 0 Å². The molecule has 0 radical (unpaired) electrons. The molecule has 0 heterocycles. The first kappa shape index (κ1) is 13.6. The van der Waals surface area contributed by atoms with Crippen molar-refractivity contribution < 1.29 is 13.6 Å². The van der Waals surface area contributed by atoms with Gasteiger partial charge in [-0.15, -0.1) is 0 Å². The maximum Gasteiger partial charge on any atom is 0.224 e. The van der Waals surface area contributed by atoms with Crippen molar-refractivity contribution in [1.82, 2.24) is 0 Å². The van der Waals surface area contributed by atoms with Crippen LogP contribution in [0.4, 0.5) is 14.5 Å². The Kier molecular flexibility index (Phi) is 5.56. The third-order valence-electron chi connectivity index (χ3n) is 2.31. The minimum Gasteiger partial charge on any atom is -0.330 e. The van der Waals surface area contributed by atoms with E-state index in [-0.39, 0.29) is 11.6 Å². The maximum atomic E-state index is 13.2. The van der Waals surface area contributed by atoms with Gasteiger partial charge in [-0.25, -0.2) is 8.78 Å². The lowest BCUT2D eigenvalue weighted by atomic mass is 10.2. The molecule has 94 valence electrons. The van der Waals surface area contributed by atoms with E-state index in [4.69, 9.17) is 5.73 Å². The van der Waals surface area contributed by atoms with Crippen LogP contribution in [-0.4, -0.2) is 12.5 Å². The lowest BCUT2D eigenvalue weighted by Crippen LogP contribution is -2.12. The number of amides is 1. The number of hydrogen-bond donors (Lipinski definition) is 2. The van der Waals surface area contributed by atoms with Crippen molar-refractivity contribution in [2.75, 3.05) is 11.9 Å². The largest absolute Gasteiger partial charge is 0.330 e. The van der Waals surface area contributed by atoms with Crippen molar-refractivity contribution in [3.8, 4) is 0 Å². The van der Waals surface area contributed by atoms with E-state index in [1.807, 2.05) is 0 Å². The average Bonchev–Trinajstić information content (AvgIpc) is 2.28. The smallest absolute Gasteiger partial charge is 0.224 e. The van der Waals surface area contributed by atoms with Crippen LogP contribution in [-0.2, 0) is 4.79 Å². The highest BCUT2D eigenvalue weighted by molar-refractivity contribution is 5.90. The van der Waals surface area contributed by atoms with Gasteiger partial charge in [-0.05, 0) is 31.5 Å². The molecule has 1 amide bonds. The summed E-state index contributed by atoms with van der Waals surface area (Å²) in [6, 6.07) is 3.06. The Labute approximate surface area is 99.0 Å². The lowest BCUT2D eigenvalue weighted by Gasteiger charge is -2.06. The van der Waals surface area contributed by atoms with Gasteiger partial charge in [0.05, 0.1) is 5.69 Å². The molecule has 17 heavy (non-hydrogen) atoms. The van der Waals surface area contributed by atoms with Crippen LogP contribution in [0.5, 0.6) is 0 Å². The Morgan fingerprint density at radius 1 is 1.24 bits per heavy atom. The number of nitrogens with one attached hydrogen (secondary N) is 1. The van der Waals surface area contributed by atoms with Crippen molar-refractivity contribution in [2.24, 2.45) is 5.73 Å². The van der Waals surface area contributed by atoms with Crippen LogP contribution in [0.3, 0.4) is 0 Å². The van der Waals surface area contributed by atoms with Gasteiger partial charge >= 0.3 is 0 Å². The predicted octanol–water partition coefficient (Wildman–Crippen LogP) is 2.42. The van der Waals surface area contributed by atoms with Crippen LogP contribution in [0.1, 0.15) is 25.7 Å². The molecule has 0 spiro atoms. The average molecular weight is 242 g/mol. The molecular weight excluding hydrogens is 226 g/mol. The minimum absolute atomic E-state index is 0.00947. The zero-order valence-electron chi connectivity index (χ0n) is 9.51. The van der Waals surface area contributed by atoms with E-state index in [1.165, 1.54) is 6.07 Å². The Hall–Kier alpha value is -1.49. The summed E-state index contributed by atoms with van der Waals surface area (Å²) in [6.45, 7) is 0.605. The normalized spacial score (nSPS) is 10.3. The molecule has 1 aromatic carbocycles. The lowest BCUT2D eigenvalue weighted by molar-refractivity contribution is -0.116. The summed E-state index contributed by atoms with van der Waals surface area (Å²) in [5.41, 5.74) is 5.33. The van der Waals surface area contributed by atoms with Gasteiger partial charge in [0.15, 0.2) is 0 Å². The van der Waals surface area contributed by atoms with Gasteiger partial charge in [-0.3, -0.25) is 4.79 Å². The van der Waals surface area contributed by atoms with Crippen molar-refractivity contribution in [1.29, 1.82) is 0 Å². The van der Waals surface area contributed by atoms with Crippen molar-refractivity contribution >= 4 is 11.6 Å². The number of carbonyl (C=O) groups excluding carboxylic acids is 1. The fourth-order valence-electron chi connectivity index (χ4n) is 1.41. The number of unbranched alkanes of at least 4 members (excludes halogenated alkanes) is 2. The number of halogens is 2. The number of anilines is 1. The molecule has 0 aromatic heterocycles. The molecule has 0 atom stereocenters. The molecule has 0 fully saturated rings. The zero-order valence-corrected chi connectivity index (χ0v) is 9.51. The second kappa shape index (κ2) is 6.96. The predicted molar refractivity (Wildman–Crippen MR) is 62.5 cm³/mol. The molecule has 0 bridgehead atoms. The Bertz CT molecular complexity index is 383. The standard InChI is InChI=1S/C12H16F2N2O/c13-9-5-6-11(10(14)8-9)16-12(17)4-2-1-3-7-15/h5-6,8H,1-4,7,15H2,(H,16,17). The van der Waals surface area contributed by atoms with Gasteiger partial charge in [0.2, 0.25) is 5.91 Å². The molecule has 0 saturated carbocycles. The van der Waals surface area contributed by atoms with E-state index in [9.17, 15) is 13.6 Å². The molecule has 0 aliphatic heterocycles. The van der Waals surface area contributed by atoms with Crippen LogP contribution >= 0.6 is 0 Å². The molecule has 0 unspecified atom stereocenters. The monoisotopic (exact) mass is 242 g/mol. The summed E-state index contributed by atoms with van der Waals surface area (Å²) in [5, 5.41) is 2.40. The van der Waals surface area contributed by atoms with Crippen molar-refractivity contribution in [3.63, 3.8) is 0 Å². The number of carbonyl (C=O) groups is 1. The Balaban J connectivity index is 2.40. The first-order chi connectivity index (χ1) is 8.13. The summed E-state index contributed by atoms with van der Waals surface area (Å²) in [4.78, 5) is 11.4. The summed E-state index contributed by atoms with van der Waals surface area (Å²) in [5.74, 6) is -1.70. The summed E-state index contributed by atoms with van der Waals surface area (Å²) in [6.07, 6.45) is 2.77. The van der Waals surface area contributed by atoms with E-state index in [0.29, 0.717) is 19.4 Å². The molecule has 5 heteroatoms. The van der Waals surface area contributed by atoms with Gasteiger partial charge in [0.25, 0.3) is 0 Å².